The van der Waals surface area contributed by atoms with Crippen LogP contribution >= 0.6 is 23.2 Å². The molecule has 1 N–H and O–H groups in total. The van der Waals surface area contributed by atoms with Gasteiger partial charge in [-0.15, -0.1) is 0 Å². The van der Waals surface area contributed by atoms with Gasteiger partial charge in [-0.25, -0.2) is 4.68 Å². The van der Waals surface area contributed by atoms with Crippen molar-refractivity contribution in [2.75, 3.05) is 19.0 Å². The number of aliphatic hydroxyl groups excluding tert-OH is 1. The molecule has 0 amide bonds. The average molecular weight is 382 g/mol. The zero-order valence-corrected chi connectivity index (χ0v) is 14.8. The van der Waals surface area contributed by atoms with Gasteiger partial charge in [-0.3, -0.25) is 0 Å². The predicted octanol–water partition coefficient (Wildman–Crippen LogP) is 4.32. The number of benzene rings is 1. The van der Waals surface area contributed by atoms with Crippen LogP contribution in [0.15, 0.2) is 12.1 Å². The van der Waals surface area contributed by atoms with Crippen molar-refractivity contribution < 1.29 is 18.3 Å². The van der Waals surface area contributed by atoms with Gasteiger partial charge in [-0.2, -0.15) is 18.3 Å². The number of alkyl halides is 3. The first kappa shape index (κ1) is 18.9. The Morgan fingerprint density at radius 1 is 1.21 bits per heavy atom. The molecule has 0 aliphatic rings. The highest BCUT2D eigenvalue weighted by atomic mass is 35.5. The van der Waals surface area contributed by atoms with E-state index in [9.17, 15) is 18.3 Å². The van der Waals surface area contributed by atoms with E-state index in [0.717, 1.165) is 12.1 Å². The highest BCUT2D eigenvalue weighted by Gasteiger charge is 2.33. The van der Waals surface area contributed by atoms with E-state index in [-0.39, 0.29) is 22.3 Å². The number of rotatable bonds is 4. The molecule has 1 aromatic carbocycles. The van der Waals surface area contributed by atoms with Gasteiger partial charge in [-0.1, -0.05) is 30.1 Å². The van der Waals surface area contributed by atoms with Crippen molar-refractivity contribution in [3.05, 3.63) is 39.0 Å². The molecule has 24 heavy (non-hydrogen) atoms. The third-order valence-electron chi connectivity index (χ3n) is 3.51. The van der Waals surface area contributed by atoms with Crippen LogP contribution in [0.25, 0.3) is 5.69 Å². The summed E-state index contributed by atoms with van der Waals surface area (Å²) in [6.07, 6.45) is -4.01. The quantitative estimate of drug-likeness (QED) is 0.857. The highest BCUT2D eigenvalue weighted by Crippen LogP contribution is 2.39. The van der Waals surface area contributed by atoms with Crippen LogP contribution in [-0.2, 0) is 19.2 Å². The standard InChI is InChI=1S/C15H16Cl2F3N3O/c1-4-12-9(7-24)14(22(2)3)23(21-12)13-10(16)5-8(6-11(13)17)15(18,19)20/h5-6,24H,4,7H2,1-3H3. The van der Waals surface area contributed by atoms with E-state index in [2.05, 4.69) is 5.10 Å². The van der Waals surface area contributed by atoms with Gasteiger partial charge in [0.25, 0.3) is 0 Å². The van der Waals surface area contributed by atoms with E-state index < -0.39 is 11.7 Å². The van der Waals surface area contributed by atoms with Crippen molar-refractivity contribution in [2.24, 2.45) is 0 Å². The molecule has 0 atom stereocenters. The Morgan fingerprint density at radius 2 is 1.75 bits per heavy atom. The minimum atomic E-state index is -4.55. The zero-order valence-electron chi connectivity index (χ0n) is 13.2. The first-order chi connectivity index (χ1) is 11.1. The summed E-state index contributed by atoms with van der Waals surface area (Å²) < 4.78 is 40.0. The predicted molar refractivity (Wildman–Crippen MR) is 88.2 cm³/mol. The zero-order chi connectivity index (χ0) is 18.2. The average Bonchev–Trinajstić information content (AvgIpc) is 2.83. The fraction of sp³-hybridized carbons (Fsp3) is 0.400. The summed E-state index contributed by atoms with van der Waals surface area (Å²) in [7, 11) is 3.47. The molecule has 0 saturated heterocycles. The summed E-state index contributed by atoms with van der Waals surface area (Å²) in [6, 6.07) is 1.63. The number of hydrogen-bond donors (Lipinski definition) is 1. The number of nitrogens with zero attached hydrogens (tertiary/aromatic N) is 3. The third-order valence-corrected chi connectivity index (χ3v) is 4.09. The van der Waals surface area contributed by atoms with E-state index in [1.807, 2.05) is 6.92 Å². The lowest BCUT2D eigenvalue weighted by atomic mass is 10.2. The van der Waals surface area contributed by atoms with E-state index in [0.29, 0.717) is 23.5 Å². The monoisotopic (exact) mass is 381 g/mol. The van der Waals surface area contributed by atoms with Crippen LogP contribution in [0.4, 0.5) is 19.0 Å². The Labute approximate surface area is 147 Å². The molecule has 0 unspecified atom stereocenters. The lowest BCUT2D eigenvalue weighted by Gasteiger charge is -2.19. The lowest BCUT2D eigenvalue weighted by Crippen LogP contribution is -2.16. The molecule has 4 nitrogen and oxygen atoms in total. The SMILES string of the molecule is CCc1nn(-c2c(Cl)cc(C(F)(F)F)cc2Cl)c(N(C)C)c1CO. The molecular formula is C15H16Cl2F3N3O. The molecule has 0 aliphatic heterocycles. The van der Waals surface area contributed by atoms with Gasteiger partial charge in [0.15, 0.2) is 0 Å². The Balaban J connectivity index is 2.75. The number of anilines is 1. The molecule has 2 rings (SSSR count). The maximum atomic E-state index is 12.9. The largest absolute Gasteiger partial charge is 0.416 e. The van der Waals surface area contributed by atoms with E-state index in [4.69, 9.17) is 23.2 Å². The van der Waals surface area contributed by atoms with Crippen molar-refractivity contribution in [3.63, 3.8) is 0 Å². The van der Waals surface area contributed by atoms with Crippen molar-refractivity contribution in [3.8, 4) is 5.69 Å². The van der Waals surface area contributed by atoms with Crippen LogP contribution in [0.5, 0.6) is 0 Å². The fourth-order valence-electron chi connectivity index (χ4n) is 2.48. The van der Waals surface area contributed by atoms with Crippen LogP contribution < -0.4 is 4.90 Å². The fourth-order valence-corrected chi connectivity index (χ4v) is 3.13. The van der Waals surface area contributed by atoms with E-state index >= 15 is 0 Å². The van der Waals surface area contributed by atoms with Gasteiger partial charge in [0.2, 0.25) is 0 Å². The van der Waals surface area contributed by atoms with Gasteiger partial charge < -0.3 is 10.0 Å². The Hall–Kier alpha value is -1.44. The van der Waals surface area contributed by atoms with Crippen LogP contribution in [0.2, 0.25) is 10.0 Å². The van der Waals surface area contributed by atoms with Gasteiger partial charge in [0.05, 0.1) is 27.9 Å². The Bertz CT molecular complexity index is 734. The molecule has 0 saturated carbocycles. The molecule has 1 heterocycles. The van der Waals surface area contributed by atoms with Crippen LogP contribution in [-0.4, -0.2) is 29.0 Å². The van der Waals surface area contributed by atoms with E-state index in [1.165, 1.54) is 4.68 Å². The Kier molecular flexibility index (Phi) is 5.37. The number of aliphatic hydroxyl groups is 1. The number of halogens is 5. The molecule has 0 fully saturated rings. The molecule has 0 spiro atoms. The topological polar surface area (TPSA) is 41.3 Å². The van der Waals surface area contributed by atoms with Gasteiger partial charge in [-0.05, 0) is 18.6 Å². The summed E-state index contributed by atoms with van der Waals surface area (Å²) in [5.74, 6) is 0.512. The van der Waals surface area contributed by atoms with Crippen molar-refractivity contribution in [2.45, 2.75) is 26.1 Å². The molecular weight excluding hydrogens is 366 g/mol. The molecule has 1 aromatic heterocycles. The van der Waals surface area contributed by atoms with E-state index in [1.54, 1.807) is 19.0 Å². The third kappa shape index (κ3) is 3.34. The normalized spacial score (nSPS) is 11.9. The molecule has 0 radical (unpaired) electrons. The number of aromatic nitrogens is 2. The summed E-state index contributed by atoms with van der Waals surface area (Å²) in [5.41, 5.74) is 0.408. The maximum absolute atomic E-state index is 12.9. The molecule has 132 valence electrons. The minimum absolute atomic E-state index is 0.143. The van der Waals surface area contributed by atoms with Crippen LogP contribution in [0, 0.1) is 0 Å². The summed E-state index contributed by atoms with van der Waals surface area (Å²) in [4.78, 5) is 1.70. The maximum Gasteiger partial charge on any atom is 0.416 e. The second-order valence-electron chi connectivity index (χ2n) is 5.35. The first-order valence-corrected chi connectivity index (χ1v) is 7.82. The molecule has 9 heteroatoms. The molecule has 0 aliphatic carbocycles. The lowest BCUT2D eigenvalue weighted by molar-refractivity contribution is -0.137. The van der Waals surface area contributed by atoms with Crippen molar-refractivity contribution in [1.29, 1.82) is 0 Å². The summed E-state index contributed by atoms with van der Waals surface area (Å²) in [5, 5.41) is 13.7. The van der Waals surface area contributed by atoms with Crippen molar-refractivity contribution in [1.82, 2.24) is 9.78 Å². The highest BCUT2D eigenvalue weighted by molar-refractivity contribution is 6.38. The second-order valence-corrected chi connectivity index (χ2v) is 6.17. The van der Waals surface area contributed by atoms with Gasteiger partial charge in [0.1, 0.15) is 11.5 Å². The van der Waals surface area contributed by atoms with Crippen LogP contribution in [0.3, 0.4) is 0 Å². The first-order valence-electron chi connectivity index (χ1n) is 7.07. The van der Waals surface area contributed by atoms with Crippen molar-refractivity contribution >= 4 is 29.0 Å². The summed E-state index contributed by atoms with van der Waals surface area (Å²) >= 11 is 12.1. The van der Waals surface area contributed by atoms with Gasteiger partial charge in [0, 0.05) is 19.7 Å². The van der Waals surface area contributed by atoms with Crippen LogP contribution in [0.1, 0.15) is 23.7 Å². The molecule has 2 aromatic rings. The number of aryl methyl sites for hydroxylation is 1. The van der Waals surface area contributed by atoms with Gasteiger partial charge >= 0.3 is 6.18 Å². The second kappa shape index (κ2) is 6.82. The smallest absolute Gasteiger partial charge is 0.391 e. The summed E-state index contributed by atoms with van der Waals surface area (Å²) in [6.45, 7) is 1.60. The molecule has 0 bridgehead atoms. The number of hydrogen-bond acceptors (Lipinski definition) is 3. The Morgan fingerprint density at radius 3 is 2.12 bits per heavy atom. The minimum Gasteiger partial charge on any atom is -0.391 e.